The first kappa shape index (κ1) is 15.1. The summed E-state index contributed by atoms with van der Waals surface area (Å²) >= 11 is 6.23. The van der Waals surface area contributed by atoms with E-state index in [4.69, 9.17) is 11.6 Å². The molecule has 1 heterocycles. The van der Waals surface area contributed by atoms with Crippen molar-refractivity contribution in [3.05, 3.63) is 23.2 Å². The molecule has 0 bridgehead atoms. The number of benzene rings is 1. The maximum Gasteiger partial charge on any atom is 0.231 e. The third-order valence-corrected chi connectivity index (χ3v) is 4.39. The Balaban J connectivity index is 2.14. The van der Waals surface area contributed by atoms with E-state index in [0.29, 0.717) is 5.02 Å². The minimum atomic E-state index is -0.285. The summed E-state index contributed by atoms with van der Waals surface area (Å²) in [6.45, 7) is 3.72. The van der Waals surface area contributed by atoms with Crippen LogP contribution in [-0.4, -0.2) is 33.1 Å². The molecule has 1 aliphatic rings. The Bertz CT molecular complexity index is 496. The van der Waals surface area contributed by atoms with Crippen LogP contribution in [0.3, 0.4) is 0 Å². The molecule has 1 fully saturated rings. The first-order valence-electron chi connectivity index (χ1n) is 6.97. The predicted molar refractivity (Wildman–Crippen MR) is 84.6 cm³/mol. The van der Waals surface area contributed by atoms with Crippen molar-refractivity contribution < 1.29 is 4.79 Å². The Hall–Kier alpha value is -1.26. The van der Waals surface area contributed by atoms with Crippen LogP contribution in [0.25, 0.3) is 0 Å². The second-order valence-electron chi connectivity index (χ2n) is 5.58. The second kappa shape index (κ2) is 6.02. The van der Waals surface area contributed by atoms with Gasteiger partial charge in [0.1, 0.15) is 0 Å². The number of amides is 1. The number of nitrogens with one attached hydrogen (secondary N) is 2. The zero-order valence-electron chi connectivity index (χ0n) is 12.3. The van der Waals surface area contributed by atoms with Crippen molar-refractivity contribution in [3.8, 4) is 0 Å². The van der Waals surface area contributed by atoms with Crippen LogP contribution in [0.4, 0.5) is 11.4 Å². The van der Waals surface area contributed by atoms with Crippen molar-refractivity contribution in [2.24, 2.45) is 5.41 Å². The maximum absolute atomic E-state index is 12.5. The Morgan fingerprint density at radius 3 is 2.75 bits per heavy atom. The zero-order chi connectivity index (χ0) is 14.8. The van der Waals surface area contributed by atoms with E-state index in [1.165, 1.54) is 0 Å². The van der Waals surface area contributed by atoms with E-state index in [0.717, 1.165) is 37.3 Å². The van der Waals surface area contributed by atoms with Gasteiger partial charge in [0.15, 0.2) is 0 Å². The predicted octanol–water partition coefficient (Wildman–Crippen LogP) is 2.73. The Morgan fingerprint density at radius 1 is 1.50 bits per heavy atom. The average molecular weight is 296 g/mol. The van der Waals surface area contributed by atoms with Gasteiger partial charge in [0.05, 0.1) is 16.1 Å². The summed E-state index contributed by atoms with van der Waals surface area (Å²) in [5.41, 5.74) is 1.41. The van der Waals surface area contributed by atoms with Gasteiger partial charge in [0.25, 0.3) is 0 Å². The molecule has 1 atom stereocenters. The van der Waals surface area contributed by atoms with Gasteiger partial charge in [-0.15, -0.1) is 0 Å². The summed E-state index contributed by atoms with van der Waals surface area (Å²) in [7, 11) is 3.88. The molecule has 1 aromatic rings. The summed E-state index contributed by atoms with van der Waals surface area (Å²) in [6, 6.07) is 5.62. The SMILES string of the molecule is CCC1(C(=O)Nc2ccc(N(C)C)c(Cl)c2)CCNC1. The second-order valence-corrected chi connectivity index (χ2v) is 5.98. The van der Waals surface area contributed by atoms with Crippen molar-refractivity contribution in [2.75, 3.05) is 37.4 Å². The van der Waals surface area contributed by atoms with Crippen LogP contribution >= 0.6 is 11.6 Å². The summed E-state index contributed by atoms with van der Waals surface area (Å²) in [4.78, 5) is 14.4. The topological polar surface area (TPSA) is 44.4 Å². The third kappa shape index (κ3) is 2.91. The Morgan fingerprint density at radius 2 is 2.25 bits per heavy atom. The number of hydrogen-bond acceptors (Lipinski definition) is 3. The molecule has 0 saturated carbocycles. The summed E-state index contributed by atoms with van der Waals surface area (Å²) in [6.07, 6.45) is 1.73. The van der Waals surface area contributed by atoms with Crippen LogP contribution in [0.2, 0.25) is 5.02 Å². The number of carbonyl (C=O) groups is 1. The monoisotopic (exact) mass is 295 g/mol. The van der Waals surface area contributed by atoms with Gasteiger partial charge in [-0.2, -0.15) is 0 Å². The minimum absolute atomic E-state index is 0.0821. The molecule has 2 rings (SSSR count). The fourth-order valence-electron chi connectivity index (χ4n) is 2.61. The molecule has 5 heteroatoms. The average Bonchev–Trinajstić information content (AvgIpc) is 2.88. The first-order valence-corrected chi connectivity index (χ1v) is 7.35. The van der Waals surface area contributed by atoms with Gasteiger partial charge >= 0.3 is 0 Å². The first-order chi connectivity index (χ1) is 9.48. The van der Waals surface area contributed by atoms with Gasteiger partial charge in [-0.3, -0.25) is 4.79 Å². The minimum Gasteiger partial charge on any atom is -0.376 e. The number of rotatable bonds is 4. The van der Waals surface area contributed by atoms with Crippen molar-refractivity contribution in [3.63, 3.8) is 0 Å². The molecule has 4 nitrogen and oxygen atoms in total. The highest BCUT2D eigenvalue weighted by Gasteiger charge is 2.39. The fourth-order valence-corrected chi connectivity index (χ4v) is 2.96. The summed E-state index contributed by atoms with van der Waals surface area (Å²) in [5.74, 6) is 0.0821. The molecule has 1 aromatic carbocycles. The van der Waals surface area contributed by atoms with Crippen molar-refractivity contribution in [1.29, 1.82) is 0 Å². The largest absolute Gasteiger partial charge is 0.376 e. The lowest BCUT2D eigenvalue weighted by Crippen LogP contribution is -2.37. The molecule has 1 unspecified atom stereocenters. The lowest BCUT2D eigenvalue weighted by Gasteiger charge is -2.25. The van der Waals surface area contributed by atoms with E-state index in [1.807, 2.05) is 31.1 Å². The van der Waals surface area contributed by atoms with Crippen molar-refractivity contribution in [2.45, 2.75) is 19.8 Å². The van der Waals surface area contributed by atoms with Gasteiger partial charge in [0.2, 0.25) is 5.91 Å². The highest BCUT2D eigenvalue weighted by Crippen LogP contribution is 2.32. The van der Waals surface area contributed by atoms with Gasteiger partial charge in [0, 0.05) is 26.3 Å². The number of anilines is 2. The summed E-state index contributed by atoms with van der Waals surface area (Å²) in [5, 5.41) is 6.91. The number of nitrogens with zero attached hydrogens (tertiary/aromatic N) is 1. The van der Waals surface area contributed by atoms with E-state index in [1.54, 1.807) is 6.07 Å². The number of halogens is 1. The molecule has 1 aliphatic heterocycles. The highest BCUT2D eigenvalue weighted by molar-refractivity contribution is 6.33. The van der Waals surface area contributed by atoms with E-state index in [-0.39, 0.29) is 11.3 Å². The fraction of sp³-hybridized carbons (Fsp3) is 0.533. The molecule has 1 saturated heterocycles. The van der Waals surface area contributed by atoms with Gasteiger partial charge in [-0.25, -0.2) is 0 Å². The quantitative estimate of drug-likeness (QED) is 0.898. The van der Waals surface area contributed by atoms with Gasteiger partial charge in [-0.1, -0.05) is 18.5 Å². The van der Waals surface area contributed by atoms with Gasteiger partial charge in [-0.05, 0) is 37.6 Å². The third-order valence-electron chi connectivity index (χ3n) is 4.09. The Labute approximate surface area is 125 Å². The lowest BCUT2D eigenvalue weighted by atomic mass is 9.83. The molecule has 0 radical (unpaired) electrons. The number of hydrogen-bond donors (Lipinski definition) is 2. The van der Waals surface area contributed by atoms with Crippen molar-refractivity contribution in [1.82, 2.24) is 5.32 Å². The number of carbonyl (C=O) groups excluding carboxylic acids is 1. The van der Waals surface area contributed by atoms with Crippen LogP contribution in [0.15, 0.2) is 18.2 Å². The molecule has 110 valence electrons. The normalized spacial score (nSPS) is 21.8. The van der Waals surface area contributed by atoms with Crippen LogP contribution < -0.4 is 15.5 Å². The smallest absolute Gasteiger partial charge is 0.231 e. The molecular formula is C15H22ClN3O. The van der Waals surface area contributed by atoms with E-state index >= 15 is 0 Å². The molecule has 20 heavy (non-hydrogen) atoms. The van der Waals surface area contributed by atoms with Crippen LogP contribution in [0.1, 0.15) is 19.8 Å². The maximum atomic E-state index is 12.5. The van der Waals surface area contributed by atoms with E-state index < -0.39 is 0 Å². The standard InChI is InChI=1S/C15H22ClN3O/c1-4-15(7-8-17-10-15)14(20)18-11-5-6-13(19(2)3)12(16)9-11/h5-6,9,17H,4,7-8,10H2,1-3H3,(H,18,20). The molecule has 1 amide bonds. The van der Waals surface area contributed by atoms with E-state index in [2.05, 4.69) is 17.6 Å². The Kier molecular flexibility index (Phi) is 4.55. The molecule has 0 aliphatic carbocycles. The zero-order valence-corrected chi connectivity index (χ0v) is 13.0. The summed E-state index contributed by atoms with van der Waals surface area (Å²) < 4.78 is 0. The van der Waals surface area contributed by atoms with Crippen LogP contribution in [0, 0.1) is 5.41 Å². The van der Waals surface area contributed by atoms with Crippen LogP contribution in [0.5, 0.6) is 0 Å². The van der Waals surface area contributed by atoms with Crippen LogP contribution in [-0.2, 0) is 4.79 Å². The molecule has 0 aromatic heterocycles. The highest BCUT2D eigenvalue weighted by atomic mass is 35.5. The van der Waals surface area contributed by atoms with E-state index in [9.17, 15) is 4.79 Å². The van der Waals surface area contributed by atoms with Crippen molar-refractivity contribution >= 4 is 28.9 Å². The van der Waals surface area contributed by atoms with Gasteiger partial charge < -0.3 is 15.5 Å². The molecular weight excluding hydrogens is 274 g/mol. The lowest BCUT2D eigenvalue weighted by molar-refractivity contribution is -0.124. The molecule has 0 spiro atoms. The molecule has 2 N–H and O–H groups in total.